The molecule has 4 nitrogen and oxygen atoms in total. The van der Waals surface area contributed by atoms with Gasteiger partial charge in [0.15, 0.2) is 5.78 Å². The van der Waals surface area contributed by atoms with Crippen molar-refractivity contribution < 1.29 is 32.5 Å². The number of allylic oxidation sites excluding steroid dienone is 8. The smallest absolute Gasteiger partial charge is 0.270 e. The Kier molecular flexibility index (Phi) is 52.3. The van der Waals surface area contributed by atoms with E-state index in [2.05, 4.69) is 59.2 Å². The van der Waals surface area contributed by atoms with E-state index in [0.29, 0.717) is 34.6 Å². The molecule has 0 saturated heterocycles. The van der Waals surface area contributed by atoms with Crippen molar-refractivity contribution in [2.45, 2.75) is 216 Å². The van der Waals surface area contributed by atoms with Gasteiger partial charge in [-0.2, -0.15) is 0 Å². The number of methoxy groups -OCH3 is 1. The van der Waals surface area contributed by atoms with Crippen molar-refractivity contribution in [1.82, 2.24) is 0 Å². The fraction of sp³-hybridized carbons (Fsp3) is 0.583. The first kappa shape index (κ1) is 77.0. The number of benzene rings is 2. The van der Waals surface area contributed by atoms with E-state index in [4.69, 9.17) is 9.47 Å². The van der Waals surface area contributed by atoms with E-state index in [1.807, 2.05) is 96.9 Å². The Balaban J connectivity index is -0.000000141. The van der Waals surface area contributed by atoms with Crippen molar-refractivity contribution in [2.24, 2.45) is 5.41 Å². The molecule has 1 aliphatic rings. The van der Waals surface area contributed by atoms with E-state index in [9.17, 15) is 23.1 Å². The lowest BCUT2D eigenvalue weighted by Crippen LogP contribution is -2.17. The molecule has 0 aliphatic heterocycles. The number of alkyl halides is 3. The van der Waals surface area contributed by atoms with E-state index < -0.39 is 11.6 Å². The van der Waals surface area contributed by atoms with Crippen LogP contribution in [0.5, 0.6) is 5.75 Å². The molecule has 0 amide bonds. The molecule has 0 bridgehead atoms. The van der Waals surface area contributed by atoms with E-state index in [0.717, 1.165) is 68.9 Å². The van der Waals surface area contributed by atoms with E-state index in [1.165, 1.54) is 49.6 Å². The highest BCUT2D eigenvalue weighted by atomic mass is 19.3. The van der Waals surface area contributed by atoms with Crippen LogP contribution in [-0.4, -0.2) is 30.3 Å². The molecule has 0 heterocycles. The molecule has 1 fully saturated rings. The van der Waals surface area contributed by atoms with E-state index in [1.54, 1.807) is 45.3 Å². The Morgan fingerprint density at radius 3 is 1.63 bits per heavy atom. The molecule has 0 atom stereocenters. The summed E-state index contributed by atoms with van der Waals surface area (Å²) in [7, 11) is 1.65. The quantitative estimate of drug-likeness (QED) is 0.0715. The summed E-state index contributed by atoms with van der Waals surface area (Å²) >= 11 is 0. The molecule has 67 heavy (non-hydrogen) atoms. The SMILES string of the molecule is C=C(/C=C(\C)C(C)(C)F)c1cc(C(C)(F)F)ccc1C.C=C(CCCOc1ccc(CC)c(C)c1C)OC.C=CC.C=CC.CC.CC.CC.CC.CC.CC(=O)/C(C)=C(\O)C1(C)CCCC1. The van der Waals surface area contributed by atoms with Crippen molar-refractivity contribution in [2.75, 3.05) is 13.7 Å². The zero-order valence-corrected chi connectivity index (χ0v) is 47.9. The number of aryl methyl sites for hydroxylation is 2. The van der Waals surface area contributed by atoms with Gasteiger partial charge in [-0.3, -0.25) is 4.79 Å². The number of halogens is 3. The number of carbonyl (C=O) groups is 1. The predicted molar refractivity (Wildman–Crippen MR) is 296 cm³/mol. The maximum Gasteiger partial charge on any atom is 0.270 e. The number of ketones is 1. The average Bonchev–Trinajstić information content (AvgIpc) is 3.77. The van der Waals surface area contributed by atoms with Crippen LogP contribution in [0.4, 0.5) is 13.2 Å². The Bertz CT molecular complexity index is 1650. The van der Waals surface area contributed by atoms with Crippen LogP contribution in [0.2, 0.25) is 0 Å². The van der Waals surface area contributed by atoms with Crippen LogP contribution in [0.1, 0.15) is 210 Å². The second kappa shape index (κ2) is 45.5. The first-order valence-corrected chi connectivity index (χ1v) is 24.9. The molecule has 390 valence electrons. The normalized spacial score (nSPS) is 12.0. The molecule has 0 spiro atoms. The third-order valence-electron chi connectivity index (χ3n) is 9.96. The van der Waals surface area contributed by atoms with Gasteiger partial charge in [0, 0.05) is 29.9 Å². The number of hydrogen-bond acceptors (Lipinski definition) is 4. The lowest BCUT2D eigenvalue weighted by Gasteiger charge is -2.23. The van der Waals surface area contributed by atoms with Gasteiger partial charge in [0.25, 0.3) is 5.92 Å². The third kappa shape index (κ3) is 34.7. The zero-order chi connectivity index (χ0) is 54.7. The summed E-state index contributed by atoms with van der Waals surface area (Å²) in [5.41, 5.74) is 5.38. The number of rotatable bonds is 13. The van der Waals surface area contributed by atoms with Crippen molar-refractivity contribution in [3.8, 4) is 5.75 Å². The largest absolute Gasteiger partial charge is 0.511 e. The molecule has 0 aromatic heterocycles. The average molecular weight is 947 g/mol. The topological polar surface area (TPSA) is 55.8 Å². The standard InChI is InChI=1S/C17H21F3.C16H24O2.C11H18O2.2C3H6.5C2H6/c1-11-7-8-14(17(6,19)20)10-15(11)12(2)9-13(3)16(4,5)18;1-6-15-9-10-16(14(4)13(15)3)18-11-7-8-12(2)17-5;1-8(9(2)12)10(13)11(3)6-4-5-7-11;2*1-3-2;5*1-2/h7-10H,2H2,1,3-6H3;9-10H,2,6-8,11H2,1,3-5H3;13H,4-7H2,1-3H3;2*3H,1H2,2H3;5*1-2H3/b13-9+;;10-8-;;;;;;;. The second-order valence-corrected chi connectivity index (χ2v) is 15.4. The minimum absolute atomic E-state index is 0.0226. The van der Waals surface area contributed by atoms with Crippen LogP contribution in [0, 0.1) is 26.2 Å². The summed E-state index contributed by atoms with van der Waals surface area (Å²) in [5.74, 6) is -0.801. The van der Waals surface area contributed by atoms with Gasteiger partial charge in [-0.15, -0.1) is 13.2 Å². The Labute approximate surface area is 414 Å². The number of aliphatic hydroxyl groups excluding tert-OH is 1. The molecular weight excluding hydrogens is 842 g/mol. The molecule has 1 saturated carbocycles. The summed E-state index contributed by atoms with van der Waals surface area (Å²) in [6, 6.07) is 8.70. The van der Waals surface area contributed by atoms with Gasteiger partial charge in [-0.05, 0) is 146 Å². The van der Waals surface area contributed by atoms with Gasteiger partial charge in [-0.25, -0.2) is 13.2 Å². The van der Waals surface area contributed by atoms with Crippen LogP contribution in [0.15, 0.2) is 97.5 Å². The fourth-order valence-electron chi connectivity index (χ4n) is 5.71. The summed E-state index contributed by atoms with van der Waals surface area (Å²) in [5, 5.41) is 9.91. The Morgan fingerprint density at radius 1 is 0.806 bits per heavy atom. The van der Waals surface area contributed by atoms with Gasteiger partial charge in [-0.1, -0.05) is 146 Å². The van der Waals surface area contributed by atoms with Crippen LogP contribution in [0.25, 0.3) is 5.57 Å². The molecule has 0 radical (unpaired) electrons. The molecule has 0 unspecified atom stereocenters. The monoisotopic (exact) mass is 947 g/mol. The van der Waals surface area contributed by atoms with Gasteiger partial charge >= 0.3 is 0 Å². The molecule has 7 heteroatoms. The van der Waals surface area contributed by atoms with Gasteiger partial charge in [0.05, 0.1) is 19.5 Å². The van der Waals surface area contributed by atoms with Crippen LogP contribution in [0.3, 0.4) is 0 Å². The maximum atomic E-state index is 13.8. The highest BCUT2D eigenvalue weighted by Crippen LogP contribution is 2.43. The molecule has 2 aromatic rings. The van der Waals surface area contributed by atoms with E-state index in [-0.39, 0.29) is 16.8 Å². The van der Waals surface area contributed by atoms with Crippen molar-refractivity contribution in [3.63, 3.8) is 0 Å². The number of hydrogen-bond donors (Lipinski definition) is 1. The lowest BCUT2D eigenvalue weighted by atomic mass is 9.84. The van der Waals surface area contributed by atoms with Crippen LogP contribution < -0.4 is 4.74 Å². The molecule has 1 aliphatic carbocycles. The predicted octanol–water partition coefficient (Wildman–Crippen LogP) is 20.5. The molecule has 3 rings (SSSR count). The number of aliphatic hydroxyl groups is 1. The maximum absolute atomic E-state index is 13.8. The first-order chi connectivity index (χ1) is 31.3. The highest BCUT2D eigenvalue weighted by molar-refractivity contribution is 5.93. The van der Waals surface area contributed by atoms with Crippen molar-refractivity contribution >= 4 is 11.4 Å². The van der Waals surface area contributed by atoms with Crippen molar-refractivity contribution in [1.29, 1.82) is 0 Å². The zero-order valence-electron chi connectivity index (χ0n) is 47.9. The third-order valence-corrected chi connectivity index (χ3v) is 9.96. The summed E-state index contributed by atoms with van der Waals surface area (Å²) in [6.07, 6.45) is 12.3. The highest BCUT2D eigenvalue weighted by Gasteiger charge is 2.34. The number of ether oxygens (including phenoxy) is 2. The van der Waals surface area contributed by atoms with Crippen molar-refractivity contribution in [3.05, 3.63) is 131 Å². The Morgan fingerprint density at radius 2 is 1.25 bits per heavy atom. The van der Waals surface area contributed by atoms with Gasteiger partial charge < -0.3 is 14.6 Å². The molecule has 2 aromatic carbocycles. The summed E-state index contributed by atoms with van der Waals surface area (Å²) in [4.78, 5) is 11.1. The van der Waals surface area contributed by atoms with E-state index >= 15 is 0 Å². The first-order valence-electron chi connectivity index (χ1n) is 24.9. The number of Topliss-reactive ketones (excluding diaryl/α,β-unsaturated/α-hetero) is 1. The minimum atomic E-state index is -2.90. The minimum Gasteiger partial charge on any atom is -0.511 e. The second-order valence-electron chi connectivity index (χ2n) is 15.4. The van der Waals surface area contributed by atoms with Gasteiger partial charge in [0.2, 0.25) is 0 Å². The lowest BCUT2D eigenvalue weighted by molar-refractivity contribution is -0.113. The fourth-order valence-corrected chi connectivity index (χ4v) is 5.71. The molecular formula is C60H105F3O4. The summed E-state index contributed by atoms with van der Waals surface area (Å²) in [6.45, 7) is 57.8. The Hall–Kier alpha value is -4.26. The number of carbonyl (C=O) groups excluding carboxylic acids is 1. The molecule has 1 N–H and O–H groups in total. The van der Waals surface area contributed by atoms with Crippen LogP contribution in [-0.2, 0) is 21.9 Å². The van der Waals surface area contributed by atoms with Crippen LogP contribution >= 0.6 is 0 Å². The van der Waals surface area contributed by atoms with Gasteiger partial charge in [0.1, 0.15) is 17.2 Å². The summed E-state index contributed by atoms with van der Waals surface area (Å²) < 4.78 is 51.4.